The number of hydrogen-bond donors (Lipinski definition) is 1. The van der Waals surface area contributed by atoms with Gasteiger partial charge in [0, 0.05) is 13.2 Å². The number of ether oxygens (including phenoxy) is 1. The highest BCUT2D eigenvalue weighted by molar-refractivity contribution is 8.02. The van der Waals surface area contributed by atoms with Gasteiger partial charge in [0.2, 0.25) is 0 Å². The maximum Gasteiger partial charge on any atom is 0.263 e. The molecule has 0 aliphatic heterocycles. The lowest BCUT2D eigenvalue weighted by Gasteiger charge is -2.07. The molecule has 7 nitrogen and oxygen atoms in total. The maximum atomic E-state index is 10.4. The van der Waals surface area contributed by atoms with Crippen molar-refractivity contribution in [2.75, 3.05) is 33.5 Å². The quantitative estimate of drug-likeness (QED) is 0.379. The van der Waals surface area contributed by atoms with Gasteiger partial charge in [-0.05, 0) is 38.9 Å². The Bertz CT molecular complexity index is 488. The molecule has 1 aromatic heterocycles. The van der Waals surface area contributed by atoms with Crippen molar-refractivity contribution in [1.82, 2.24) is 10.2 Å². The van der Waals surface area contributed by atoms with E-state index in [4.69, 9.17) is 9.15 Å². The normalized spacial score (nSPS) is 11.9. The van der Waals surface area contributed by atoms with Crippen molar-refractivity contribution in [2.24, 2.45) is 0 Å². The van der Waals surface area contributed by atoms with E-state index in [1.165, 1.54) is 11.8 Å². The average Bonchev–Trinajstić information content (AvgIpc) is 2.87. The van der Waals surface area contributed by atoms with Crippen molar-refractivity contribution in [2.45, 2.75) is 19.6 Å². The summed E-state index contributed by atoms with van der Waals surface area (Å²) >= 11 is 1.31. The first-order valence-corrected chi connectivity index (χ1v) is 8.17. The fourth-order valence-corrected chi connectivity index (χ4v) is 2.16. The standard InChI is InChI=1S/C14H23N3O4S/c1-16(2)9-12-5-6-13(21-12)11-20-8-4-7-15-14(22-3)10-17(18)19/h5-6,10,15H,4,7-9,11H2,1-3H3. The van der Waals surface area contributed by atoms with Gasteiger partial charge in [-0.1, -0.05) is 0 Å². The predicted molar refractivity (Wildman–Crippen MR) is 87.0 cm³/mol. The van der Waals surface area contributed by atoms with Crippen LogP contribution in [-0.2, 0) is 17.9 Å². The number of nitrogens with zero attached hydrogens (tertiary/aromatic N) is 2. The predicted octanol–water partition coefficient (Wildman–Crippen LogP) is 2.28. The summed E-state index contributed by atoms with van der Waals surface area (Å²) in [7, 11) is 3.98. The molecule has 1 N–H and O–H groups in total. The van der Waals surface area contributed by atoms with E-state index in [0.29, 0.717) is 24.8 Å². The first-order chi connectivity index (χ1) is 10.5. The van der Waals surface area contributed by atoms with Crippen LogP contribution in [0.4, 0.5) is 0 Å². The van der Waals surface area contributed by atoms with Crippen LogP contribution in [0.25, 0.3) is 0 Å². The molecule has 1 heterocycles. The Morgan fingerprint density at radius 2 is 2.23 bits per heavy atom. The molecule has 0 spiro atoms. The lowest BCUT2D eigenvalue weighted by molar-refractivity contribution is -0.403. The largest absolute Gasteiger partial charge is 0.462 e. The topological polar surface area (TPSA) is 80.8 Å². The molecule has 0 saturated carbocycles. The molecule has 0 aliphatic carbocycles. The second-order valence-electron chi connectivity index (χ2n) is 4.92. The number of hydrogen-bond acceptors (Lipinski definition) is 7. The molecule has 0 aliphatic rings. The van der Waals surface area contributed by atoms with Gasteiger partial charge in [0.25, 0.3) is 6.20 Å². The number of thioether (sulfide) groups is 1. The van der Waals surface area contributed by atoms with Crippen LogP contribution in [0.3, 0.4) is 0 Å². The Kier molecular flexibility index (Phi) is 8.64. The third-order valence-corrected chi connectivity index (χ3v) is 3.33. The van der Waals surface area contributed by atoms with Gasteiger partial charge in [0.15, 0.2) is 0 Å². The summed E-state index contributed by atoms with van der Waals surface area (Å²) in [6, 6.07) is 3.87. The minimum Gasteiger partial charge on any atom is -0.462 e. The summed E-state index contributed by atoms with van der Waals surface area (Å²) in [4.78, 5) is 11.9. The highest BCUT2D eigenvalue weighted by Crippen LogP contribution is 2.11. The van der Waals surface area contributed by atoms with Gasteiger partial charge in [-0.2, -0.15) is 0 Å². The summed E-state index contributed by atoms with van der Waals surface area (Å²) in [6.45, 7) is 2.40. The second kappa shape index (κ2) is 10.3. The van der Waals surface area contributed by atoms with E-state index in [1.807, 2.05) is 31.1 Å². The van der Waals surface area contributed by atoms with Crippen LogP contribution in [0.5, 0.6) is 0 Å². The van der Waals surface area contributed by atoms with Gasteiger partial charge in [-0.25, -0.2) is 0 Å². The van der Waals surface area contributed by atoms with Gasteiger partial charge in [-0.3, -0.25) is 10.1 Å². The molecular formula is C14H23N3O4S. The molecule has 1 aromatic rings. The van der Waals surface area contributed by atoms with Gasteiger partial charge in [-0.15, -0.1) is 11.8 Å². The third-order valence-electron chi connectivity index (χ3n) is 2.64. The Balaban J connectivity index is 2.15. The summed E-state index contributed by atoms with van der Waals surface area (Å²) in [5, 5.41) is 13.9. The summed E-state index contributed by atoms with van der Waals surface area (Å²) in [6.07, 6.45) is 3.53. The number of nitro groups is 1. The van der Waals surface area contributed by atoms with Crippen LogP contribution in [0.1, 0.15) is 17.9 Å². The zero-order valence-electron chi connectivity index (χ0n) is 13.2. The van der Waals surface area contributed by atoms with E-state index in [9.17, 15) is 10.1 Å². The minimum absolute atomic E-state index is 0.438. The van der Waals surface area contributed by atoms with E-state index in [2.05, 4.69) is 5.32 Å². The number of rotatable bonds is 11. The van der Waals surface area contributed by atoms with Crippen molar-refractivity contribution in [3.63, 3.8) is 0 Å². The van der Waals surface area contributed by atoms with Crippen molar-refractivity contribution in [1.29, 1.82) is 0 Å². The fraction of sp³-hybridized carbons (Fsp3) is 0.571. The molecule has 0 aromatic carbocycles. The molecule has 22 heavy (non-hydrogen) atoms. The average molecular weight is 329 g/mol. The lowest BCUT2D eigenvalue weighted by Crippen LogP contribution is -2.15. The van der Waals surface area contributed by atoms with Crippen LogP contribution in [0, 0.1) is 10.1 Å². The monoisotopic (exact) mass is 329 g/mol. The minimum atomic E-state index is -0.461. The fourth-order valence-electron chi connectivity index (χ4n) is 1.72. The van der Waals surface area contributed by atoms with Gasteiger partial charge >= 0.3 is 0 Å². The Labute approximate surface area is 134 Å². The molecule has 0 saturated heterocycles. The number of furan rings is 1. The zero-order valence-corrected chi connectivity index (χ0v) is 14.0. The Hall–Kier alpha value is -1.51. The van der Waals surface area contributed by atoms with Gasteiger partial charge < -0.3 is 19.4 Å². The summed E-state index contributed by atoms with van der Waals surface area (Å²) in [5.74, 6) is 1.72. The molecule has 0 atom stereocenters. The van der Waals surface area contributed by atoms with Crippen molar-refractivity contribution < 1.29 is 14.1 Å². The SMILES string of the molecule is CSC(=C[N+](=O)[O-])NCCCOCc1ccc(CN(C)C)o1. The molecule has 0 fully saturated rings. The summed E-state index contributed by atoms with van der Waals surface area (Å²) in [5.41, 5.74) is 0. The molecule has 0 amide bonds. The lowest BCUT2D eigenvalue weighted by atomic mass is 10.4. The zero-order chi connectivity index (χ0) is 16.4. The third kappa shape index (κ3) is 8.06. The van der Waals surface area contributed by atoms with Crippen LogP contribution >= 0.6 is 11.8 Å². The van der Waals surface area contributed by atoms with Crippen LogP contribution in [0.2, 0.25) is 0 Å². The van der Waals surface area contributed by atoms with Gasteiger partial charge in [0.05, 0.1) is 11.5 Å². The van der Waals surface area contributed by atoms with Crippen LogP contribution in [-0.4, -0.2) is 43.3 Å². The number of nitrogens with one attached hydrogen (secondary N) is 1. The maximum absolute atomic E-state index is 10.4. The second-order valence-corrected chi connectivity index (χ2v) is 5.77. The van der Waals surface area contributed by atoms with Crippen LogP contribution < -0.4 is 5.32 Å². The first kappa shape index (κ1) is 18.5. The summed E-state index contributed by atoms with van der Waals surface area (Å²) < 4.78 is 11.2. The molecule has 124 valence electrons. The van der Waals surface area contributed by atoms with E-state index < -0.39 is 4.92 Å². The molecular weight excluding hydrogens is 306 g/mol. The van der Waals surface area contributed by atoms with E-state index >= 15 is 0 Å². The van der Waals surface area contributed by atoms with Gasteiger partial charge in [0.1, 0.15) is 23.2 Å². The molecule has 0 unspecified atom stereocenters. The Morgan fingerprint density at radius 1 is 1.50 bits per heavy atom. The first-order valence-electron chi connectivity index (χ1n) is 6.94. The van der Waals surface area contributed by atoms with E-state index in [1.54, 1.807) is 6.26 Å². The Morgan fingerprint density at radius 3 is 2.86 bits per heavy atom. The highest BCUT2D eigenvalue weighted by atomic mass is 32.2. The van der Waals surface area contributed by atoms with Crippen molar-refractivity contribution in [3.8, 4) is 0 Å². The van der Waals surface area contributed by atoms with Crippen molar-refractivity contribution >= 4 is 11.8 Å². The van der Waals surface area contributed by atoms with E-state index in [-0.39, 0.29) is 0 Å². The smallest absolute Gasteiger partial charge is 0.263 e. The van der Waals surface area contributed by atoms with Crippen LogP contribution in [0.15, 0.2) is 27.8 Å². The molecule has 0 bridgehead atoms. The molecule has 1 rings (SSSR count). The molecule has 8 heteroatoms. The molecule has 0 radical (unpaired) electrons. The highest BCUT2D eigenvalue weighted by Gasteiger charge is 2.04. The van der Waals surface area contributed by atoms with Crippen molar-refractivity contribution in [3.05, 3.63) is 45.0 Å². The van der Waals surface area contributed by atoms with E-state index in [0.717, 1.165) is 30.7 Å².